The van der Waals surface area contributed by atoms with E-state index in [0.717, 1.165) is 32.0 Å². The molecule has 2 aromatic carbocycles. The number of amides is 1. The SMILES string of the molecule is COc1ccc(N(C)NC(=O)c2sc3ccccc3c2C)cc1. The summed E-state index contributed by atoms with van der Waals surface area (Å²) < 4.78 is 6.27. The molecule has 23 heavy (non-hydrogen) atoms. The maximum absolute atomic E-state index is 12.6. The number of fused-ring (bicyclic) bond motifs is 1. The average molecular weight is 326 g/mol. The minimum absolute atomic E-state index is 0.0954. The molecule has 0 fully saturated rings. The van der Waals surface area contributed by atoms with Crippen molar-refractivity contribution < 1.29 is 9.53 Å². The highest BCUT2D eigenvalue weighted by molar-refractivity contribution is 7.21. The van der Waals surface area contributed by atoms with Crippen molar-refractivity contribution in [2.45, 2.75) is 6.92 Å². The minimum atomic E-state index is -0.0954. The molecular weight excluding hydrogens is 308 g/mol. The van der Waals surface area contributed by atoms with Gasteiger partial charge in [0.15, 0.2) is 0 Å². The molecule has 3 aromatic rings. The summed E-state index contributed by atoms with van der Waals surface area (Å²) in [5.74, 6) is 0.691. The number of ether oxygens (including phenoxy) is 1. The number of nitrogens with one attached hydrogen (secondary N) is 1. The van der Waals surface area contributed by atoms with E-state index < -0.39 is 0 Å². The molecular formula is C18H18N2O2S. The van der Waals surface area contributed by atoms with Crippen LogP contribution in [-0.4, -0.2) is 20.1 Å². The number of carbonyl (C=O) groups is 1. The molecule has 0 aliphatic heterocycles. The number of thiophene rings is 1. The van der Waals surface area contributed by atoms with Crippen LogP contribution >= 0.6 is 11.3 Å². The van der Waals surface area contributed by atoms with E-state index >= 15 is 0 Å². The molecule has 4 nitrogen and oxygen atoms in total. The molecule has 0 saturated carbocycles. The third-order valence-corrected chi connectivity index (χ3v) is 5.05. The van der Waals surface area contributed by atoms with Crippen molar-refractivity contribution in [3.63, 3.8) is 0 Å². The summed E-state index contributed by atoms with van der Waals surface area (Å²) in [6.07, 6.45) is 0. The summed E-state index contributed by atoms with van der Waals surface area (Å²) in [5, 5.41) is 2.85. The summed E-state index contributed by atoms with van der Waals surface area (Å²) in [5.41, 5.74) is 4.82. The van der Waals surface area contributed by atoms with Gasteiger partial charge in [-0.2, -0.15) is 0 Å². The predicted molar refractivity (Wildman–Crippen MR) is 95.4 cm³/mol. The highest BCUT2D eigenvalue weighted by atomic mass is 32.1. The average Bonchev–Trinajstić information content (AvgIpc) is 2.92. The monoisotopic (exact) mass is 326 g/mol. The zero-order valence-electron chi connectivity index (χ0n) is 13.3. The van der Waals surface area contributed by atoms with Crippen LogP contribution in [0.25, 0.3) is 10.1 Å². The highest BCUT2D eigenvalue weighted by Gasteiger charge is 2.16. The Hall–Kier alpha value is -2.53. The first kappa shape index (κ1) is 15.4. The second kappa shape index (κ2) is 6.30. The van der Waals surface area contributed by atoms with Gasteiger partial charge in [-0.3, -0.25) is 15.2 Å². The Bertz CT molecular complexity index is 840. The van der Waals surface area contributed by atoms with Gasteiger partial charge in [-0.1, -0.05) is 18.2 Å². The smallest absolute Gasteiger partial charge is 0.280 e. The second-order valence-corrected chi connectivity index (χ2v) is 6.30. The lowest BCUT2D eigenvalue weighted by Crippen LogP contribution is -2.39. The molecule has 0 aliphatic rings. The van der Waals surface area contributed by atoms with E-state index in [1.165, 1.54) is 11.3 Å². The zero-order chi connectivity index (χ0) is 16.4. The molecule has 1 heterocycles. The number of hydrazine groups is 1. The lowest BCUT2D eigenvalue weighted by molar-refractivity contribution is 0.0955. The van der Waals surface area contributed by atoms with E-state index in [-0.39, 0.29) is 5.91 Å². The number of hydrogen-bond acceptors (Lipinski definition) is 4. The van der Waals surface area contributed by atoms with Gasteiger partial charge >= 0.3 is 0 Å². The van der Waals surface area contributed by atoms with Gasteiger partial charge in [0.1, 0.15) is 5.75 Å². The first-order chi connectivity index (χ1) is 11.1. The van der Waals surface area contributed by atoms with Gasteiger partial charge in [-0.05, 0) is 48.2 Å². The Morgan fingerprint density at radius 1 is 1.13 bits per heavy atom. The third kappa shape index (κ3) is 3.00. The number of nitrogens with zero attached hydrogens (tertiary/aromatic N) is 1. The van der Waals surface area contributed by atoms with Gasteiger partial charge in [0.05, 0.1) is 17.7 Å². The van der Waals surface area contributed by atoms with Gasteiger partial charge in [0.2, 0.25) is 0 Å². The normalized spacial score (nSPS) is 10.6. The van der Waals surface area contributed by atoms with Crippen molar-refractivity contribution >= 4 is 33.0 Å². The quantitative estimate of drug-likeness (QED) is 0.737. The Morgan fingerprint density at radius 2 is 1.83 bits per heavy atom. The largest absolute Gasteiger partial charge is 0.497 e. The molecule has 5 heteroatoms. The molecule has 0 atom stereocenters. The lowest BCUT2D eigenvalue weighted by Gasteiger charge is -2.20. The molecule has 118 valence electrons. The van der Waals surface area contributed by atoms with Crippen LogP contribution in [0, 0.1) is 6.92 Å². The van der Waals surface area contributed by atoms with Crippen molar-refractivity contribution in [2.24, 2.45) is 0 Å². The van der Waals surface area contributed by atoms with Gasteiger partial charge < -0.3 is 4.74 Å². The molecule has 0 aliphatic carbocycles. The zero-order valence-corrected chi connectivity index (χ0v) is 14.1. The molecule has 3 rings (SSSR count). The van der Waals surface area contributed by atoms with E-state index in [1.807, 2.05) is 62.5 Å². The first-order valence-corrected chi connectivity index (χ1v) is 8.08. The van der Waals surface area contributed by atoms with Crippen LogP contribution in [0.3, 0.4) is 0 Å². The molecule has 0 radical (unpaired) electrons. The Balaban J connectivity index is 1.80. The summed E-state index contributed by atoms with van der Waals surface area (Å²) in [6.45, 7) is 1.99. The molecule has 1 aromatic heterocycles. The number of anilines is 1. The van der Waals surface area contributed by atoms with Crippen molar-refractivity contribution in [1.29, 1.82) is 0 Å². The molecule has 0 bridgehead atoms. The van der Waals surface area contributed by atoms with E-state index in [4.69, 9.17) is 4.74 Å². The highest BCUT2D eigenvalue weighted by Crippen LogP contribution is 2.30. The van der Waals surface area contributed by atoms with Gasteiger partial charge in [-0.15, -0.1) is 11.3 Å². The summed E-state index contributed by atoms with van der Waals surface area (Å²) in [7, 11) is 3.45. The van der Waals surface area contributed by atoms with Crippen molar-refractivity contribution in [3.8, 4) is 5.75 Å². The van der Waals surface area contributed by atoms with Crippen LogP contribution in [0.15, 0.2) is 48.5 Å². The third-order valence-electron chi connectivity index (χ3n) is 3.78. The molecule has 0 unspecified atom stereocenters. The standard InChI is InChI=1S/C18H18N2O2S/c1-12-15-6-4-5-7-16(15)23-17(12)18(21)19-20(2)13-8-10-14(22-3)11-9-13/h4-11H,1-3H3,(H,19,21). The van der Waals surface area contributed by atoms with Crippen LogP contribution < -0.4 is 15.2 Å². The molecule has 0 spiro atoms. The predicted octanol–water partition coefficient (Wildman–Crippen LogP) is 4.00. The molecule has 1 amide bonds. The number of rotatable bonds is 4. The summed E-state index contributed by atoms with van der Waals surface area (Å²) in [4.78, 5) is 13.3. The fourth-order valence-electron chi connectivity index (χ4n) is 2.46. The fraction of sp³-hybridized carbons (Fsp3) is 0.167. The molecule has 1 N–H and O–H groups in total. The van der Waals surface area contributed by atoms with Crippen LogP contribution in [-0.2, 0) is 0 Å². The number of aryl methyl sites for hydroxylation is 1. The van der Waals surface area contributed by atoms with E-state index in [1.54, 1.807) is 12.1 Å². The Labute approximate surface area is 139 Å². The summed E-state index contributed by atoms with van der Waals surface area (Å²) in [6, 6.07) is 15.6. The number of carbonyl (C=O) groups excluding carboxylic acids is 1. The number of benzene rings is 2. The Kier molecular flexibility index (Phi) is 4.21. The summed E-state index contributed by atoms with van der Waals surface area (Å²) >= 11 is 1.52. The van der Waals surface area contributed by atoms with Crippen molar-refractivity contribution in [1.82, 2.24) is 5.43 Å². The van der Waals surface area contributed by atoms with Crippen molar-refractivity contribution in [2.75, 3.05) is 19.2 Å². The maximum atomic E-state index is 12.6. The van der Waals surface area contributed by atoms with E-state index in [9.17, 15) is 4.79 Å². The molecule has 0 saturated heterocycles. The first-order valence-electron chi connectivity index (χ1n) is 7.27. The number of hydrogen-bond donors (Lipinski definition) is 1. The van der Waals surface area contributed by atoms with Gasteiger partial charge in [0.25, 0.3) is 5.91 Å². The minimum Gasteiger partial charge on any atom is -0.497 e. The van der Waals surface area contributed by atoms with Crippen LogP contribution in [0.4, 0.5) is 5.69 Å². The van der Waals surface area contributed by atoms with Gasteiger partial charge in [0, 0.05) is 11.7 Å². The second-order valence-electron chi connectivity index (χ2n) is 5.25. The van der Waals surface area contributed by atoms with E-state index in [2.05, 4.69) is 5.43 Å². The fourth-order valence-corrected chi connectivity index (χ4v) is 3.56. The van der Waals surface area contributed by atoms with Crippen molar-refractivity contribution in [3.05, 3.63) is 59.0 Å². The lowest BCUT2D eigenvalue weighted by atomic mass is 10.1. The van der Waals surface area contributed by atoms with Crippen LogP contribution in [0.2, 0.25) is 0 Å². The van der Waals surface area contributed by atoms with E-state index in [0.29, 0.717) is 0 Å². The van der Waals surface area contributed by atoms with Crippen LogP contribution in [0.5, 0.6) is 5.75 Å². The topological polar surface area (TPSA) is 41.6 Å². The number of methoxy groups -OCH3 is 1. The maximum Gasteiger partial charge on any atom is 0.280 e. The Morgan fingerprint density at radius 3 is 2.48 bits per heavy atom. The van der Waals surface area contributed by atoms with Gasteiger partial charge in [-0.25, -0.2) is 0 Å². The van der Waals surface area contributed by atoms with Crippen LogP contribution in [0.1, 0.15) is 15.2 Å².